The van der Waals surface area contributed by atoms with Gasteiger partial charge >= 0.3 is 0 Å². The second kappa shape index (κ2) is 8.97. The highest BCUT2D eigenvalue weighted by atomic mass is 35.5. The third-order valence-corrected chi connectivity index (χ3v) is 5.02. The first-order valence-corrected chi connectivity index (χ1v) is 9.61. The van der Waals surface area contributed by atoms with Crippen molar-refractivity contribution in [2.75, 3.05) is 13.1 Å². The van der Waals surface area contributed by atoms with E-state index >= 15 is 0 Å². The van der Waals surface area contributed by atoms with E-state index in [0.29, 0.717) is 41.7 Å². The van der Waals surface area contributed by atoms with Crippen molar-refractivity contribution in [3.05, 3.63) is 58.1 Å². The summed E-state index contributed by atoms with van der Waals surface area (Å²) in [4.78, 5) is 14.3. The summed E-state index contributed by atoms with van der Waals surface area (Å²) in [5, 5.41) is 0.816. The molecule has 1 heterocycles. The standard InChI is InChI=1S/C20H19Cl2F2NO3/c1-12(27-18-4-2-13(21)10-16(18)22)20(26)25-8-6-15(7-9-25)28-19-5-3-14(23)11-17(19)24/h2-5,10-12,15H,6-9H2,1H3. The zero-order valence-corrected chi connectivity index (χ0v) is 16.6. The van der Waals surface area contributed by atoms with Crippen molar-refractivity contribution in [3.8, 4) is 11.5 Å². The predicted molar refractivity (Wildman–Crippen MR) is 103 cm³/mol. The van der Waals surface area contributed by atoms with Crippen LogP contribution in [0.5, 0.6) is 11.5 Å². The maximum absolute atomic E-state index is 13.7. The minimum atomic E-state index is -0.736. The van der Waals surface area contributed by atoms with Gasteiger partial charge < -0.3 is 14.4 Å². The van der Waals surface area contributed by atoms with Crippen molar-refractivity contribution in [3.63, 3.8) is 0 Å². The van der Waals surface area contributed by atoms with Gasteiger partial charge in [0, 0.05) is 37.0 Å². The molecule has 1 amide bonds. The number of likely N-dealkylation sites (tertiary alicyclic amines) is 1. The largest absolute Gasteiger partial charge is 0.487 e. The van der Waals surface area contributed by atoms with Crippen LogP contribution in [0, 0.1) is 11.6 Å². The molecule has 1 aliphatic rings. The van der Waals surface area contributed by atoms with Gasteiger partial charge in [-0.2, -0.15) is 0 Å². The molecular weight excluding hydrogens is 411 g/mol. The summed E-state index contributed by atoms with van der Waals surface area (Å²) in [6.07, 6.45) is 0.116. The summed E-state index contributed by atoms with van der Waals surface area (Å²) >= 11 is 11.9. The van der Waals surface area contributed by atoms with Crippen molar-refractivity contribution in [1.82, 2.24) is 4.90 Å². The van der Waals surface area contributed by atoms with Gasteiger partial charge in [0.25, 0.3) is 5.91 Å². The van der Waals surface area contributed by atoms with E-state index in [0.717, 1.165) is 12.1 Å². The molecule has 8 heteroatoms. The maximum Gasteiger partial charge on any atom is 0.263 e. The van der Waals surface area contributed by atoms with Crippen LogP contribution in [0.2, 0.25) is 10.0 Å². The fourth-order valence-corrected chi connectivity index (χ4v) is 3.47. The van der Waals surface area contributed by atoms with E-state index < -0.39 is 17.7 Å². The van der Waals surface area contributed by atoms with Crippen LogP contribution in [0.4, 0.5) is 8.78 Å². The highest BCUT2D eigenvalue weighted by Gasteiger charge is 2.28. The van der Waals surface area contributed by atoms with Gasteiger partial charge in [-0.15, -0.1) is 0 Å². The first kappa shape index (κ1) is 20.7. The van der Waals surface area contributed by atoms with E-state index in [4.69, 9.17) is 32.7 Å². The number of piperidine rings is 1. The Balaban J connectivity index is 1.52. The molecule has 1 saturated heterocycles. The molecule has 1 aliphatic heterocycles. The Kier molecular flexibility index (Phi) is 6.62. The minimum absolute atomic E-state index is 0.0141. The molecule has 0 aromatic heterocycles. The zero-order chi connectivity index (χ0) is 20.3. The summed E-state index contributed by atoms with van der Waals surface area (Å²) in [5.74, 6) is -1.16. The topological polar surface area (TPSA) is 38.8 Å². The number of carbonyl (C=O) groups is 1. The lowest BCUT2D eigenvalue weighted by molar-refractivity contribution is -0.139. The number of halogens is 4. The lowest BCUT2D eigenvalue weighted by atomic mass is 10.1. The van der Waals surface area contributed by atoms with E-state index in [1.807, 2.05) is 0 Å². The van der Waals surface area contributed by atoms with E-state index in [9.17, 15) is 13.6 Å². The second-order valence-corrected chi connectivity index (χ2v) is 7.40. The molecule has 2 aromatic carbocycles. The first-order valence-electron chi connectivity index (χ1n) is 8.85. The molecule has 1 atom stereocenters. The van der Waals surface area contributed by atoms with E-state index in [1.54, 1.807) is 30.0 Å². The molecule has 0 radical (unpaired) electrons. The number of rotatable bonds is 5. The minimum Gasteiger partial charge on any atom is -0.487 e. The Morgan fingerprint density at radius 1 is 1.11 bits per heavy atom. The average molecular weight is 430 g/mol. The molecule has 4 nitrogen and oxygen atoms in total. The highest BCUT2D eigenvalue weighted by molar-refractivity contribution is 6.35. The monoisotopic (exact) mass is 429 g/mol. The summed E-state index contributed by atoms with van der Waals surface area (Å²) < 4.78 is 38.0. The average Bonchev–Trinajstić information content (AvgIpc) is 2.66. The molecular formula is C20H19Cl2F2NO3. The molecule has 28 heavy (non-hydrogen) atoms. The van der Waals surface area contributed by atoms with E-state index in [1.165, 1.54) is 6.07 Å². The SMILES string of the molecule is CC(Oc1ccc(Cl)cc1Cl)C(=O)N1CCC(Oc2ccc(F)cc2F)CC1. The van der Waals surface area contributed by atoms with Crippen molar-refractivity contribution >= 4 is 29.1 Å². The predicted octanol–water partition coefficient (Wildman–Crippen LogP) is 5.11. The fraction of sp³-hybridized carbons (Fsp3) is 0.350. The van der Waals surface area contributed by atoms with Gasteiger partial charge in [0.2, 0.25) is 0 Å². The lowest BCUT2D eigenvalue weighted by Crippen LogP contribution is -2.46. The van der Waals surface area contributed by atoms with Gasteiger partial charge in [-0.25, -0.2) is 8.78 Å². The number of amides is 1. The zero-order valence-electron chi connectivity index (χ0n) is 15.1. The maximum atomic E-state index is 13.7. The number of hydrogen-bond acceptors (Lipinski definition) is 3. The van der Waals surface area contributed by atoms with Gasteiger partial charge in [0.05, 0.1) is 5.02 Å². The van der Waals surface area contributed by atoms with Crippen LogP contribution in [0.15, 0.2) is 36.4 Å². The van der Waals surface area contributed by atoms with Crippen LogP contribution in [0.25, 0.3) is 0 Å². The molecule has 0 aliphatic carbocycles. The second-order valence-electron chi connectivity index (χ2n) is 6.55. The van der Waals surface area contributed by atoms with Crippen molar-refractivity contribution in [2.24, 2.45) is 0 Å². The fourth-order valence-electron chi connectivity index (χ4n) is 3.01. The molecule has 150 valence electrons. The molecule has 0 saturated carbocycles. The van der Waals surface area contributed by atoms with Gasteiger partial charge in [-0.05, 0) is 37.3 Å². The van der Waals surface area contributed by atoms with Gasteiger partial charge in [-0.1, -0.05) is 23.2 Å². The van der Waals surface area contributed by atoms with Crippen LogP contribution in [-0.2, 0) is 4.79 Å². The van der Waals surface area contributed by atoms with Crippen LogP contribution in [-0.4, -0.2) is 36.1 Å². The summed E-state index contributed by atoms with van der Waals surface area (Å²) in [7, 11) is 0. The van der Waals surface area contributed by atoms with E-state index in [-0.39, 0.29) is 17.8 Å². The third-order valence-electron chi connectivity index (χ3n) is 4.49. The van der Waals surface area contributed by atoms with Crippen molar-refractivity contribution < 1.29 is 23.0 Å². The molecule has 1 fully saturated rings. The number of carbonyl (C=O) groups excluding carboxylic acids is 1. The number of ether oxygens (including phenoxy) is 2. The van der Waals surface area contributed by atoms with Crippen LogP contribution in [0.1, 0.15) is 19.8 Å². The van der Waals surface area contributed by atoms with E-state index in [2.05, 4.69) is 0 Å². The molecule has 0 spiro atoms. The molecule has 0 bridgehead atoms. The van der Waals surface area contributed by atoms with Crippen molar-refractivity contribution in [2.45, 2.75) is 32.0 Å². The van der Waals surface area contributed by atoms with Crippen molar-refractivity contribution in [1.29, 1.82) is 0 Å². The van der Waals surface area contributed by atoms with Gasteiger partial charge in [0.1, 0.15) is 17.7 Å². The summed E-state index contributed by atoms with van der Waals surface area (Å²) in [5.41, 5.74) is 0. The molecule has 3 rings (SSSR count). The third kappa shape index (κ3) is 5.06. The number of benzene rings is 2. The van der Waals surface area contributed by atoms with Crippen LogP contribution >= 0.6 is 23.2 Å². The summed E-state index contributed by atoms with van der Waals surface area (Å²) in [6.45, 7) is 2.56. The Morgan fingerprint density at radius 2 is 1.79 bits per heavy atom. The Hall–Kier alpha value is -2.05. The summed E-state index contributed by atoms with van der Waals surface area (Å²) in [6, 6.07) is 8.01. The Morgan fingerprint density at radius 3 is 2.43 bits per heavy atom. The normalized spacial score (nSPS) is 16.0. The Bertz CT molecular complexity index is 857. The quantitative estimate of drug-likeness (QED) is 0.662. The van der Waals surface area contributed by atoms with Crippen LogP contribution in [0.3, 0.4) is 0 Å². The number of hydrogen-bond donors (Lipinski definition) is 0. The first-order chi connectivity index (χ1) is 13.3. The molecule has 0 N–H and O–H groups in total. The van der Waals surface area contributed by atoms with Gasteiger partial charge in [0.15, 0.2) is 17.7 Å². The smallest absolute Gasteiger partial charge is 0.263 e. The van der Waals surface area contributed by atoms with Crippen LogP contribution < -0.4 is 9.47 Å². The van der Waals surface area contributed by atoms with Gasteiger partial charge in [-0.3, -0.25) is 4.79 Å². The Labute approximate surface area is 171 Å². The molecule has 1 unspecified atom stereocenters. The lowest BCUT2D eigenvalue weighted by Gasteiger charge is -2.33. The molecule has 2 aromatic rings. The number of nitrogens with zero attached hydrogens (tertiary/aromatic N) is 1. The highest BCUT2D eigenvalue weighted by Crippen LogP contribution is 2.29.